The van der Waals surface area contributed by atoms with E-state index >= 15 is 0 Å². The van der Waals surface area contributed by atoms with Crippen LogP contribution in [0.25, 0.3) is 0 Å². The van der Waals surface area contributed by atoms with Gasteiger partial charge in [-0.3, -0.25) is 4.79 Å². The van der Waals surface area contributed by atoms with Gasteiger partial charge in [-0.15, -0.1) is 0 Å². The lowest BCUT2D eigenvalue weighted by Gasteiger charge is -2.19. The van der Waals surface area contributed by atoms with Gasteiger partial charge < -0.3 is 19.7 Å². The first-order chi connectivity index (χ1) is 12.7. The first kappa shape index (κ1) is 19.6. The summed E-state index contributed by atoms with van der Waals surface area (Å²) in [7, 11) is 2.02. The van der Waals surface area contributed by atoms with Crippen LogP contribution in [0, 0.1) is 0 Å². The molecule has 0 fully saturated rings. The molecule has 5 nitrogen and oxygen atoms in total. The summed E-state index contributed by atoms with van der Waals surface area (Å²) < 4.78 is 11.2. The molecule has 1 N–H and O–H groups in total. The monoisotopic (exact) mass is 356 g/mol. The molecule has 0 heterocycles. The fraction of sp³-hybridized carbons (Fsp3) is 0.381. The van der Waals surface area contributed by atoms with E-state index < -0.39 is 0 Å². The van der Waals surface area contributed by atoms with E-state index in [1.54, 1.807) is 0 Å². The Kier molecular flexibility index (Phi) is 8.33. The van der Waals surface area contributed by atoms with Crippen LogP contribution in [0.5, 0.6) is 11.5 Å². The van der Waals surface area contributed by atoms with E-state index in [-0.39, 0.29) is 5.91 Å². The third-order valence-electron chi connectivity index (χ3n) is 3.92. The molecule has 2 rings (SSSR count). The molecule has 0 bridgehead atoms. The average molecular weight is 356 g/mol. The highest BCUT2D eigenvalue weighted by Gasteiger charge is 2.06. The van der Waals surface area contributed by atoms with Gasteiger partial charge in [0.2, 0.25) is 5.91 Å². The molecule has 0 unspecified atom stereocenters. The lowest BCUT2D eigenvalue weighted by atomic mass is 10.3. The predicted molar refractivity (Wildman–Crippen MR) is 105 cm³/mol. The van der Waals surface area contributed by atoms with Gasteiger partial charge in [-0.05, 0) is 37.6 Å². The summed E-state index contributed by atoms with van der Waals surface area (Å²) in [6.45, 7) is 4.42. The van der Waals surface area contributed by atoms with Crippen LogP contribution in [0.2, 0.25) is 0 Å². The Hall–Kier alpha value is -2.69. The second-order valence-electron chi connectivity index (χ2n) is 5.94. The van der Waals surface area contributed by atoms with Gasteiger partial charge >= 0.3 is 0 Å². The largest absolute Gasteiger partial charge is 0.490 e. The zero-order chi connectivity index (χ0) is 18.6. The summed E-state index contributed by atoms with van der Waals surface area (Å²) in [4.78, 5) is 14.1. The van der Waals surface area contributed by atoms with Gasteiger partial charge in [0.1, 0.15) is 0 Å². The SMILES string of the molecule is CCOc1ccccc1OCCCC(=O)NCCN(C)c1ccccc1. The predicted octanol–water partition coefficient (Wildman–Crippen LogP) is 3.50. The summed E-state index contributed by atoms with van der Waals surface area (Å²) in [6, 6.07) is 17.7. The standard InChI is InChI=1S/C21H28N2O3/c1-3-25-19-12-7-8-13-20(19)26-17-9-14-21(24)22-15-16-23(2)18-10-5-4-6-11-18/h4-8,10-13H,3,9,14-17H2,1-2H3,(H,22,24). The maximum absolute atomic E-state index is 11.9. The van der Waals surface area contributed by atoms with E-state index in [1.165, 1.54) is 0 Å². The molecule has 0 radical (unpaired) electrons. The minimum absolute atomic E-state index is 0.0492. The minimum atomic E-state index is 0.0492. The molecule has 26 heavy (non-hydrogen) atoms. The van der Waals surface area contributed by atoms with Crippen molar-refractivity contribution in [3.8, 4) is 11.5 Å². The molecule has 140 valence electrons. The molecular weight excluding hydrogens is 328 g/mol. The molecule has 1 amide bonds. The smallest absolute Gasteiger partial charge is 0.220 e. The number of ether oxygens (including phenoxy) is 2. The molecule has 0 saturated carbocycles. The van der Waals surface area contributed by atoms with Crippen molar-refractivity contribution in [2.75, 3.05) is 38.3 Å². The highest BCUT2D eigenvalue weighted by atomic mass is 16.5. The molecule has 5 heteroatoms. The number of hydrogen-bond acceptors (Lipinski definition) is 4. The summed E-state index contributed by atoms with van der Waals surface area (Å²) in [5.74, 6) is 1.51. The lowest BCUT2D eigenvalue weighted by molar-refractivity contribution is -0.121. The molecule has 2 aromatic carbocycles. The van der Waals surface area contributed by atoms with Crippen LogP contribution < -0.4 is 19.7 Å². The number of rotatable bonds is 11. The van der Waals surface area contributed by atoms with Crippen LogP contribution in [0.3, 0.4) is 0 Å². The maximum Gasteiger partial charge on any atom is 0.220 e. The molecule has 2 aromatic rings. The number of anilines is 1. The maximum atomic E-state index is 11.9. The van der Waals surface area contributed by atoms with Gasteiger partial charge in [0.25, 0.3) is 0 Å². The van der Waals surface area contributed by atoms with Crippen molar-refractivity contribution >= 4 is 11.6 Å². The minimum Gasteiger partial charge on any atom is -0.490 e. The third kappa shape index (κ3) is 6.67. The molecule has 0 aliphatic rings. The number of nitrogens with zero attached hydrogens (tertiary/aromatic N) is 1. The second-order valence-corrected chi connectivity index (χ2v) is 5.94. The fourth-order valence-electron chi connectivity index (χ4n) is 2.52. The number of likely N-dealkylation sites (N-methyl/N-ethyl adjacent to an activating group) is 1. The van der Waals surface area contributed by atoms with Crippen molar-refractivity contribution < 1.29 is 14.3 Å². The van der Waals surface area contributed by atoms with Crippen molar-refractivity contribution in [1.29, 1.82) is 0 Å². The van der Waals surface area contributed by atoms with Crippen molar-refractivity contribution in [3.63, 3.8) is 0 Å². The molecule has 0 aliphatic carbocycles. The first-order valence-corrected chi connectivity index (χ1v) is 9.08. The number of amides is 1. The molecule has 0 aromatic heterocycles. The van der Waals surface area contributed by atoms with Crippen LogP contribution >= 0.6 is 0 Å². The van der Waals surface area contributed by atoms with Gasteiger partial charge in [-0.2, -0.15) is 0 Å². The van der Waals surface area contributed by atoms with Crippen molar-refractivity contribution in [2.24, 2.45) is 0 Å². The lowest BCUT2D eigenvalue weighted by Crippen LogP contribution is -2.33. The molecule has 0 aliphatic heterocycles. The third-order valence-corrected chi connectivity index (χ3v) is 3.92. The van der Waals surface area contributed by atoms with Crippen LogP contribution in [-0.2, 0) is 4.79 Å². The summed E-state index contributed by atoms with van der Waals surface area (Å²) in [5.41, 5.74) is 1.14. The summed E-state index contributed by atoms with van der Waals surface area (Å²) >= 11 is 0. The second kappa shape index (κ2) is 11.0. The van der Waals surface area contributed by atoms with Gasteiger partial charge in [0.15, 0.2) is 11.5 Å². The first-order valence-electron chi connectivity index (χ1n) is 9.08. The van der Waals surface area contributed by atoms with Gasteiger partial charge in [-0.1, -0.05) is 30.3 Å². The average Bonchev–Trinajstić information content (AvgIpc) is 2.67. The van der Waals surface area contributed by atoms with E-state index in [1.807, 2.05) is 56.4 Å². The highest BCUT2D eigenvalue weighted by molar-refractivity contribution is 5.75. The Morgan fingerprint density at radius 3 is 2.35 bits per heavy atom. The number of para-hydroxylation sites is 3. The van der Waals surface area contributed by atoms with Gasteiger partial charge in [0, 0.05) is 32.2 Å². The highest BCUT2D eigenvalue weighted by Crippen LogP contribution is 2.26. The normalized spacial score (nSPS) is 10.2. The number of benzene rings is 2. The quantitative estimate of drug-likeness (QED) is 0.626. The number of nitrogens with one attached hydrogen (secondary N) is 1. The molecule has 0 atom stereocenters. The summed E-state index contributed by atoms with van der Waals surface area (Å²) in [6.07, 6.45) is 1.12. The zero-order valence-electron chi connectivity index (χ0n) is 15.6. The van der Waals surface area contributed by atoms with E-state index in [0.717, 1.165) is 23.7 Å². The van der Waals surface area contributed by atoms with Crippen LogP contribution in [-0.4, -0.2) is 39.3 Å². The number of hydrogen-bond donors (Lipinski definition) is 1. The van der Waals surface area contributed by atoms with E-state index in [4.69, 9.17) is 9.47 Å². The van der Waals surface area contributed by atoms with Crippen LogP contribution in [0.15, 0.2) is 54.6 Å². The van der Waals surface area contributed by atoms with E-state index in [2.05, 4.69) is 22.3 Å². The van der Waals surface area contributed by atoms with E-state index in [9.17, 15) is 4.79 Å². The van der Waals surface area contributed by atoms with Crippen molar-refractivity contribution in [2.45, 2.75) is 19.8 Å². The Bertz CT molecular complexity index is 661. The zero-order valence-corrected chi connectivity index (χ0v) is 15.6. The molecule has 0 spiro atoms. The number of carbonyl (C=O) groups excluding carboxylic acids is 1. The fourth-order valence-corrected chi connectivity index (χ4v) is 2.52. The van der Waals surface area contributed by atoms with Crippen molar-refractivity contribution in [3.05, 3.63) is 54.6 Å². The Morgan fingerprint density at radius 2 is 1.65 bits per heavy atom. The molecular formula is C21H28N2O3. The Labute approximate surface area is 155 Å². The van der Waals surface area contributed by atoms with Crippen LogP contribution in [0.1, 0.15) is 19.8 Å². The summed E-state index contributed by atoms with van der Waals surface area (Å²) in [5, 5.41) is 2.95. The van der Waals surface area contributed by atoms with Crippen LogP contribution in [0.4, 0.5) is 5.69 Å². The van der Waals surface area contributed by atoms with Gasteiger partial charge in [0.05, 0.1) is 13.2 Å². The van der Waals surface area contributed by atoms with E-state index in [0.29, 0.717) is 32.6 Å². The number of carbonyl (C=O) groups is 1. The Morgan fingerprint density at radius 1 is 1.00 bits per heavy atom. The topological polar surface area (TPSA) is 50.8 Å². The van der Waals surface area contributed by atoms with Gasteiger partial charge in [-0.25, -0.2) is 0 Å². The molecule has 0 saturated heterocycles. The Balaban J connectivity index is 1.61. The van der Waals surface area contributed by atoms with Crippen molar-refractivity contribution in [1.82, 2.24) is 5.32 Å².